The zero-order chi connectivity index (χ0) is 24.7. The van der Waals surface area contributed by atoms with Crippen molar-refractivity contribution in [1.82, 2.24) is 4.90 Å². The molecule has 8 nitrogen and oxygen atoms in total. The zero-order valence-corrected chi connectivity index (χ0v) is 22.0. The molecule has 7 bridgehead atoms. The number of fused-ring (bicyclic) bond motifs is 1. The van der Waals surface area contributed by atoms with E-state index >= 15 is 0 Å². The van der Waals surface area contributed by atoms with Crippen LogP contribution in [-0.2, 0) is 23.7 Å². The van der Waals surface area contributed by atoms with E-state index in [2.05, 4.69) is 11.8 Å². The molecular weight excluding hydrogens is 450 g/mol. The molecular formula is C27H43NO7. The maximum absolute atomic E-state index is 12.1. The van der Waals surface area contributed by atoms with E-state index in [9.17, 15) is 10.2 Å². The van der Waals surface area contributed by atoms with Crippen LogP contribution in [0.1, 0.15) is 40.0 Å². The molecule has 0 aromatic rings. The third-order valence-corrected chi connectivity index (χ3v) is 12.0. The van der Waals surface area contributed by atoms with Gasteiger partial charge in [-0.2, -0.15) is 0 Å². The first-order valence-corrected chi connectivity index (χ1v) is 13.7. The van der Waals surface area contributed by atoms with Gasteiger partial charge in [-0.3, -0.25) is 4.90 Å². The van der Waals surface area contributed by atoms with Crippen molar-refractivity contribution in [3.05, 3.63) is 0 Å². The summed E-state index contributed by atoms with van der Waals surface area (Å²) in [6, 6.07) is 0.102. The van der Waals surface area contributed by atoms with Crippen LogP contribution < -0.4 is 0 Å². The fourth-order valence-corrected chi connectivity index (χ4v) is 11.8. The molecule has 2 aliphatic heterocycles. The Kier molecular flexibility index (Phi) is 4.89. The molecule has 8 heteroatoms. The molecule has 0 radical (unpaired) electrons. The summed E-state index contributed by atoms with van der Waals surface area (Å²) in [6.07, 6.45) is 0.887. The number of rotatable bonds is 5. The summed E-state index contributed by atoms with van der Waals surface area (Å²) in [5.74, 6) is -0.712. The Labute approximate surface area is 208 Å². The standard InChI is InChI=1S/C27H43NO7/c1-7-28-11-25(12-31-4)9-8-15(29)26-14-10-13-18(30)16(14)27(17(22(26)28)20(33-6)21(25)26)23(19(13)32-5)34-24(2,3)35-27/h13-23,29-30H,7-12H2,1-6H3/t13-,14-,15-,16+,17-,18-,19+,20-,21+,22+,23+,25-,26-,27+/m0/s1. The molecule has 2 saturated heterocycles. The molecule has 2 heterocycles. The highest BCUT2D eigenvalue weighted by molar-refractivity contribution is 5.38. The van der Waals surface area contributed by atoms with E-state index in [0.717, 1.165) is 32.4 Å². The lowest BCUT2D eigenvalue weighted by Crippen LogP contribution is -2.78. The Bertz CT molecular complexity index is 901. The number of likely N-dealkylation sites (tertiary alicyclic amines) is 1. The summed E-state index contributed by atoms with van der Waals surface area (Å²) in [4.78, 5) is 2.61. The van der Waals surface area contributed by atoms with Crippen LogP contribution in [0.5, 0.6) is 0 Å². The third kappa shape index (κ3) is 2.36. The smallest absolute Gasteiger partial charge is 0.164 e. The Morgan fingerprint density at radius 1 is 1.06 bits per heavy atom. The first-order valence-electron chi connectivity index (χ1n) is 13.7. The predicted octanol–water partition coefficient (Wildman–Crippen LogP) is 1.27. The molecule has 7 fully saturated rings. The maximum atomic E-state index is 12.1. The van der Waals surface area contributed by atoms with Gasteiger partial charge in [0.25, 0.3) is 0 Å². The molecule has 7 rings (SSSR count). The monoisotopic (exact) mass is 493 g/mol. The number of aliphatic hydroxyl groups is 2. The second-order valence-corrected chi connectivity index (χ2v) is 13.2. The van der Waals surface area contributed by atoms with Crippen molar-refractivity contribution in [3.8, 4) is 0 Å². The first kappa shape index (κ1) is 23.8. The van der Waals surface area contributed by atoms with Crippen molar-refractivity contribution < 1.29 is 33.9 Å². The number of aliphatic hydroxyl groups excluding tert-OH is 2. The van der Waals surface area contributed by atoms with E-state index in [-0.39, 0.29) is 64.8 Å². The molecule has 5 saturated carbocycles. The van der Waals surface area contributed by atoms with E-state index in [4.69, 9.17) is 23.7 Å². The first-order chi connectivity index (χ1) is 16.7. The van der Waals surface area contributed by atoms with Crippen LogP contribution in [0.25, 0.3) is 0 Å². The Morgan fingerprint density at radius 2 is 1.80 bits per heavy atom. The molecule has 0 unspecified atom stereocenters. The lowest BCUT2D eigenvalue weighted by atomic mass is 9.43. The minimum Gasteiger partial charge on any atom is -0.392 e. The van der Waals surface area contributed by atoms with Gasteiger partial charge in [0.2, 0.25) is 0 Å². The summed E-state index contributed by atoms with van der Waals surface area (Å²) < 4.78 is 32.4. The van der Waals surface area contributed by atoms with Gasteiger partial charge < -0.3 is 33.9 Å². The highest BCUT2D eigenvalue weighted by Crippen LogP contribution is 2.80. The van der Waals surface area contributed by atoms with Crippen LogP contribution in [-0.4, -0.2) is 104 Å². The fraction of sp³-hybridized carbons (Fsp3) is 1.00. The van der Waals surface area contributed by atoms with Gasteiger partial charge >= 0.3 is 0 Å². The zero-order valence-electron chi connectivity index (χ0n) is 22.0. The molecule has 0 aromatic carbocycles. The van der Waals surface area contributed by atoms with E-state index in [1.807, 2.05) is 21.0 Å². The highest BCUT2D eigenvalue weighted by atomic mass is 16.8. The van der Waals surface area contributed by atoms with E-state index < -0.39 is 23.6 Å². The molecule has 35 heavy (non-hydrogen) atoms. The molecule has 0 aromatic heterocycles. The second kappa shape index (κ2) is 7.20. The van der Waals surface area contributed by atoms with Crippen LogP contribution in [0.4, 0.5) is 0 Å². The Hall–Kier alpha value is -0.320. The summed E-state index contributed by atoms with van der Waals surface area (Å²) in [5, 5.41) is 24.0. The number of methoxy groups -OCH3 is 3. The minimum atomic E-state index is -0.787. The third-order valence-electron chi connectivity index (χ3n) is 12.0. The normalized spacial score (nSPS) is 61.2. The van der Waals surface area contributed by atoms with Crippen LogP contribution in [0.15, 0.2) is 0 Å². The summed E-state index contributed by atoms with van der Waals surface area (Å²) >= 11 is 0. The summed E-state index contributed by atoms with van der Waals surface area (Å²) in [7, 11) is 5.37. The van der Waals surface area contributed by atoms with Crippen molar-refractivity contribution in [2.75, 3.05) is 41.0 Å². The SMILES string of the molecule is CCN1C[C@]2(COC)CC[C@H](O)[C@@]34[C@@H]2[C@@H](OC)[C@@H]([C@@H]13)[C@@]12OC(C)(C)O[C@@H]1[C@H](OC)[C@H]1C[C@H]4[C@@H]2[C@H]1O. The van der Waals surface area contributed by atoms with E-state index in [1.165, 1.54) is 0 Å². The molecule has 7 aliphatic rings. The van der Waals surface area contributed by atoms with Gasteiger partial charge in [-0.05, 0) is 45.6 Å². The van der Waals surface area contributed by atoms with Gasteiger partial charge in [0.05, 0.1) is 31.0 Å². The van der Waals surface area contributed by atoms with Crippen LogP contribution >= 0.6 is 0 Å². The molecule has 198 valence electrons. The predicted molar refractivity (Wildman–Crippen MR) is 125 cm³/mol. The molecule has 2 N–H and O–H groups in total. The van der Waals surface area contributed by atoms with Crippen molar-refractivity contribution in [2.24, 2.45) is 40.4 Å². The lowest BCUT2D eigenvalue weighted by molar-refractivity contribution is -0.284. The quantitative estimate of drug-likeness (QED) is 0.592. The number of piperidine rings is 1. The topological polar surface area (TPSA) is 89.9 Å². The van der Waals surface area contributed by atoms with Gasteiger partial charge in [0, 0.05) is 68.4 Å². The average molecular weight is 494 g/mol. The van der Waals surface area contributed by atoms with Gasteiger partial charge in [-0.15, -0.1) is 0 Å². The van der Waals surface area contributed by atoms with Crippen molar-refractivity contribution in [1.29, 1.82) is 0 Å². The highest BCUT2D eigenvalue weighted by Gasteiger charge is 2.90. The van der Waals surface area contributed by atoms with Gasteiger partial charge in [-0.1, -0.05) is 6.92 Å². The Morgan fingerprint density at radius 3 is 2.46 bits per heavy atom. The average Bonchev–Trinajstić information content (AvgIpc) is 3.35. The fourth-order valence-electron chi connectivity index (χ4n) is 11.8. The van der Waals surface area contributed by atoms with Crippen LogP contribution in [0.3, 0.4) is 0 Å². The number of hydrogen-bond donors (Lipinski definition) is 2. The summed E-state index contributed by atoms with van der Waals surface area (Å²) in [5.41, 5.74) is -1.20. The Balaban J connectivity index is 1.54. The minimum absolute atomic E-state index is 0.0258. The van der Waals surface area contributed by atoms with Gasteiger partial charge in [0.15, 0.2) is 5.79 Å². The molecule has 5 aliphatic carbocycles. The number of ether oxygens (including phenoxy) is 5. The maximum Gasteiger partial charge on any atom is 0.164 e. The van der Waals surface area contributed by atoms with Crippen LogP contribution in [0, 0.1) is 40.4 Å². The molecule has 2 spiro atoms. The summed E-state index contributed by atoms with van der Waals surface area (Å²) in [6.45, 7) is 8.72. The molecule has 0 amide bonds. The van der Waals surface area contributed by atoms with E-state index in [0.29, 0.717) is 6.61 Å². The largest absolute Gasteiger partial charge is 0.392 e. The van der Waals surface area contributed by atoms with Crippen molar-refractivity contribution in [3.63, 3.8) is 0 Å². The van der Waals surface area contributed by atoms with E-state index in [1.54, 1.807) is 14.2 Å². The second-order valence-electron chi connectivity index (χ2n) is 13.2. The van der Waals surface area contributed by atoms with Crippen molar-refractivity contribution >= 4 is 0 Å². The van der Waals surface area contributed by atoms with Gasteiger partial charge in [0.1, 0.15) is 11.7 Å². The van der Waals surface area contributed by atoms with Gasteiger partial charge in [-0.25, -0.2) is 0 Å². The van der Waals surface area contributed by atoms with Crippen LogP contribution in [0.2, 0.25) is 0 Å². The molecule has 14 atom stereocenters. The number of nitrogens with zero attached hydrogens (tertiary/aromatic N) is 1. The number of hydrogen-bond acceptors (Lipinski definition) is 8. The lowest BCUT2D eigenvalue weighted by Gasteiger charge is -2.69. The van der Waals surface area contributed by atoms with Crippen molar-refractivity contribution in [2.45, 2.75) is 88.0 Å².